The van der Waals surface area contributed by atoms with Gasteiger partial charge in [0.2, 0.25) is 0 Å². The van der Waals surface area contributed by atoms with E-state index in [1.165, 1.54) is 0 Å². The molecule has 0 bridgehead atoms. The Bertz CT molecular complexity index is 891. The van der Waals surface area contributed by atoms with E-state index in [9.17, 15) is 14.4 Å². The number of benzene rings is 1. The summed E-state index contributed by atoms with van der Waals surface area (Å²) in [6.45, 7) is 1.28. The number of amides is 3. The average molecular weight is 412 g/mol. The minimum Gasteiger partial charge on any atom is -0.462 e. The first-order chi connectivity index (χ1) is 14.5. The number of nitrogens with zero attached hydrogens (tertiary/aromatic N) is 2. The van der Waals surface area contributed by atoms with Crippen molar-refractivity contribution in [1.82, 2.24) is 14.8 Å². The number of hydrogen-bond acceptors (Lipinski definition) is 4. The Morgan fingerprint density at radius 1 is 1.17 bits per heavy atom. The maximum absolute atomic E-state index is 12.9. The second kappa shape index (κ2) is 9.96. The lowest BCUT2D eigenvalue weighted by Crippen LogP contribution is -2.44. The van der Waals surface area contributed by atoms with Crippen LogP contribution in [0.2, 0.25) is 0 Å². The van der Waals surface area contributed by atoms with Gasteiger partial charge in [0.25, 0.3) is 5.91 Å². The zero-order chi connectivity index (χ0) is 21.5. The highest BCUT2D eigenvalue weighted by molar-refractivity contribution is 5.93. The highest BCUT2D eigenvalue weighted by Gasteiger charge is 2.28. The van der Waals surface area contributed by atoms with Gasteiger partial charge in [-0.3, -0.25) is 4.79 Å². The molecule has 1 unspecified atom stereocenters. The lowest BCUT2D eigenvalue weighted by molar-refractivity contribution is 0.0406. The van der Waals surface area contributed by atoms with Crippen LogP contribution in [0.1, 0.15) is 52.1 Å². The van der Waals surface area contributed by atoms with E-state index in [-0.39, 0.29) is 18.6 Å². The fraction of sp³-hybridized carbons (Fsp3) is 0.409. The van der Waals surface area contributed by atoms with E-state index in [1.807, 2.05) is 34.8 Å². The molecule has 30 heavy (non-hydrogen) atoms. The van der Waals surface area contributed by atoms with E-state index in [0.29, 0.717) is 24.2 Å². The van der Waals surface area contributed by atoms with Crippen LogP contribution in [0, 0.1) is 0 Å². The molecule has 0 aliphatic carbocycles. The molecular weight excluding hydrogens is 384 g/mol. The van der Waals surface area contributed by atoms with Gasteiger partial charge in [-0.1, -0.05) is 12.1 Å². The van der Waals surface area contributed by atoms with Crippen molar-refractivity contribution in [2.75, 3.05) is 13.2 Å². The van der Waals surface area contributed by atoms with Gasteiger partial charge in [-0.2, -0.15) is 0 Å². The summed E-state index contributed by atoms with van der Waals surface area (Å²) in [4.78, 5) is 37.9. The summed E-state index contributed by atoms with van der Waals surface area (Å²) in [6.07, 6.45) is 5.45. The van der Waals surface area contributed by atoms with Crippen molar-refractivity contribution in [2.45, 2.75) is 38.3 Å². The lowest BCUT2D eigenvalue weighted by atomic mass is 9.99. The lowest BCUT2D eigenvalue weighted by Gasteiger charge is -2.35. The van der Waals surface area contributed by atoms with Crippen LogP contribution in [0.15, 0.2) is 42.6 Å². The van der Waals surface area contributed by atoms with Gasteiger partial charge in [-0.25, -0.2) is 9.59 Å². The number of nitrogens with two attached hydrogens (primary N) is 1. The van der Waals surface area contributed by atoms with Crippen LogP contribution in [0.4, 0.5) is 4.79 Å². The van der Waals surface area contributed by atoms with Crippen molar-refractivity contribution < 1.29 is 19.1 Å². The fourth-order valence-electron chi connectivity index (χ4n) is 3.72. The molecule has 1 aliphatic heterocycles. The average Bonchev–Trinajstić information content (AvgIpc) is 3.18. The molecule has 1 aliphatic rings. The summed E-state index contributed by atoms with van der Waals surface area (Å²) in [5, 5.41) is 2.50. The zero-order valence-corrected chi connectivity index (χ0v) is 17.2. The van der Waals surface area contributed by atoms with E-state index in [4.69, 9.17) is 10.5 Å². The molecule has 1 atom stereocenters. The van der Waals surface area contributed by atoms with Gasteiger partial charge in [-0.05, 0) is 49.1 Å². The number of likely N-dealkylation sites (tertiary alicyclic amines) is 1. The largest absolute Gasteiger partial charge is 0.462 e. The van der Waals surface area contributed by atoms with E-state index < -0.39 is 12.0 Å². The zero-order valence-electron chi connectivity index (χ0n) is 17.2. The monoisotopic (exact) mass is 412 g/mol. The summed E-state index contributed by atoms with van der Waals surface area (Å²) >= 11 is 0. The first kappa shape index (κ1) is 21.4. The molecule has 1 aromatic carbocycles. The Labute approximate surface area is 176 Å². The van der Waals surface area contributed by atoms with Crippen LogP contribution in [-0.2, 0) is 18.3 Å². The number of urea groups is 1. The first-order valence-corrected chi connectivity index (χ1v) is 10.2. The third kappa shape index (κ3) is 5.40. The molecule has 0 spiro atoms. The molecule has 2 heterocycles. The minimum atomic E-state index is -0.596. The number of hydrogen-bond donors (Lipinski definition) is 2. The molecule has 0 saturated carbocycles. The Morgan fingerprint density at radius 2 is 1.93 bits per heavy atom. The predicted octanol–water partition coefficient (Wildman–Crippen LogP) is 2.44. The maximum atomic E-state index is 12.9. The summed E-state index contributed by atoms with van der Waals surface area (Å²) in [6, 6.07) is 9.97. The molecular formula is C22H28N4O4. The van der Waals surface area contributed by atoms with Crippen LogP contribution >= 0.6 is 0 Å². The van der Waals surface area contributed by atoms with Crippen LogP contribution in [0.5, 0.6) is 0 Å². The standard InChI is InChI=1S/C22H28N4O4/c1-25-12-4-6-19(25)20(27)26-13-3-2-5-18(26)11-14-30-21(28)17-9-7-16(8-10-17)15-24-22(23)29/h4,6-10,12,18H,2-3,5,11,13-15H2,1H3,(H3,23,24,29). The number of aromatic nitrogens is 1. The van der Waals surface area contributed by atoms with Crippen LogP contribution in [-0.4, -0.2) is 46.6 Å². The van der Waals surface area contributed by atoms with Crippen LogP contribution in [0.25, 0.3) is 0 Å². The molecule has 3 amide bonds. The first-order valence-electron chi connectivity index (χ1n) is 10.2. The Kier molecular flexibility index (Phi) is 7.11. The number of ether oxygens (including phenoxy) is 1. The number of aryl methyl sites for hydroxylation is 1. The van der Waals surface area contributed by atoms with Gasteiger partial charge in [0.1, 0.15) is 5.69 Å². The maximum Gasteiger partial charge on any atom is 0.338 e. The molecule has 1 fully saturated rings. The van der Waals surface area contributed by atoms with E-state index in [0.717, 1.165) is 31.4 Å². The van der Waals surface area contributed by atoms with Crippen molar-refractivity contribution in [3.8, 4) is 0 Å². The summed E-state index contributed by atoms with van der Waals surface area (Å²) in [5.74, 6) is -0.376. The molecule has 160 valence electrons. The number of rotatable bonds is 7. The van der Waals surface area contributed by atoms with E-state index in [2.05, 4.69) is 5.32 Å². The van der Waals surface area contributed by atoms with Crippen LogP contribution in [0.3, 0.4) is 0 Å². The van der Waals surface area contributed by atoms with Gasteiger partial charge >= 0.3 is 12.0 Å². The van der Waals surface area contributed by atoms with Gasteiger partial charge in [0.15, 0.2) is 0 Å². The molecule has 1 saturated heterocycles. The molecule has 0 radical (unpaired) electrons. The normalized spacial score (nSPS) is 16.2. The molecule has 3 rings (SSSR count). The predicted molar refractivity (Wildman–Crippen MR) is 112 cm³/mol. The molecule has 8 nitrogen and oxygen atoms in total. The van der Waals surface area contributed by atoms with E-state index >= 15 is 0 Å². The topological polar surface area (TPSA) is 107 Å². The summed E-state index contributed by atoms with van der Waals surface area (Å²) in [5.41, 5.74) is 7.00. The highest BCUT2D eigenvalue weighted by Crippen LogP contribution is 2.22. The third-order valence-corrected chi connectivity index (χ3v) is 5.39. The molecule has 2 aromatic rings. The van der Waals surface area contributed by atoms with Gasteiger partial charge in [-0.15, -0.1) is 0 Å². The van der Waals surface area contributed by atoms with Crippen molar-refractivity contribution >= 4 is 17.9 Å². The van der Waals surface area contributed by atoms with Gasteiger partial charge in [0, 0.05) is 38.8 Å². The van der Waals surface area contributed by atoms with Crippen molar-refractivity contribution in [1.29, 1.82) is 0 Å². The van der Waals surface area contributed by atoms with Crippen molar-refractivity contribution in [3.05, 3.63) is 59.4 Å². The number of primary amides is 1. The minimum absolute atomic E-state index is 0.0266. The SMILES string of the molecule is Cn1cccc1C(=O)N1CCCCC1CCOC(=O)c1ccc(CNC(N)=O)cc1. The summed E-state index contributed by atoms with van der Waals surface area (Å²) < 4.78 is 7.27. The summed E-state index contributed by atoms with van der Waals surface area (Å²) in [7, 11) is 1.86. The smallest absolute Gasteiger partial charge is 0.338 e. The Balaban J connectivity index is 1.51. The highest BCUT2D eigenvalue weighted by atomic mass is 16.5. The molecule has 8 heteroatoms. The van der Waals surface area contributed by atoms with Crippen LogP contribution < -0.4 is 11.1 Å². The number of piperidine rings is 1. The fourth-order valence-corrected chi connectivity index (χ4v) is 3.72. The van der Waals surface area contributed by atoms with E-state index in [1.54, 1.807) is 24.3 Å². The third-order valence-electron chi connectivity index (χ3n) is 5.39. The number of carbonyl (C=O) groups excluding carboxylic acids is 3. The van der Waals surface area contributed by atoms with Gasteiger partial charge in [0.05, 0.1) is 12.2 Å². The molecule has 3 N–H and O–H groups in total. The van der Waals surface area contributed by atoms with Crippen molar-refractivity contribution in [2.24, 2.45) is 12.8 Å². The van der Waals surface area contributed by atoms with Gasteiger partial charge < -0.3 is 25.3 Å². The number of carbonyl (C=O) groups is 3. The Morgan fingerprint density at radius 3 is 2.60 bits per heavy atom. The van der Waals surface area contributed by atoms with Crippen molar-refractivity contribution in [3.63, 3.8) is 0 Å². The Hall–Kier alpha value is -3.29. The molecule has 1 aromatic heterocycles. The number of esters is 1. The number of nitrogens with one attached hydrogen (secondary N) is 1. The quantitative estimate of drug-likeness (QED) is 0.681. The second-order valence-electron chi connectivity index (χ2n) is 7.49. The second-order valence-corrected chi connectivity index (χ2v) is 7.49.